The first kappa shape index (κ1) is 15.1. The van der Waals surface area contributed by atoms with Crippen LogP contribution in [-0.4, -0.2) is 35.6 Å². The van der Waals surface area contributed by atoms with Gasteiger partial charge in [-0.15, -0.1) is 0 Å². The number of sulfonamides is 1. The number of aromatic amines is 1. The molecule has 0 unspecified atom stereocenters. The molecule has 0 aromatic carbocycles. The minimum atomic E-state index is -3.61. The van der Waals surface area contributed by atoms with Crippen molar-refractivity contribution in [2.45, 2.75) is 50.2 Å². The maximum atomic E-state index is 11.9. The molecule has 1 heterocycles. The molecule has 0 radical (unpaired) electrons. The number of rotatable bonds is 8. The van der Waals surface area contributed by atoms with Crippen molar-refractivity contribution in [2.75, 3.05) is 6.54 Å². The van der Waals surface area contributed by atoms with Gasteiger partial charge in [0, 0.05) is 6.54 Å². The Balaban J connectivity index is 2.68. The standard InChI is InChI=1S/C11H21N3O3S/c1-3-5-11(15,6-4-2)8-14-18(16,17)10-7-12-9-13-10/h7,9,14-15H,3-6,8H2,1-2H3,(H,12,13). The monoisotopic (exact) mass is 275 g/mol. The normalized spacial score (nSPS) is 12.8. The Labute approximate surface area is 108 Å². The molecule has 1 aromatic rings. The molecule has 0 spiro atoms. The lowest BCUT2D eigenvalue weighted by molar-refractivity contribution is 0.0266. The fourth-order valence-corrected chi connectivity index (χ4v) is 2.95. The topological polar surface area (TPSA) is 95.1 Å². The fraction of sp³-hybridized carbons (Fsp3) is 0.727. The number of aromatic nitrogens is 2. The Hall–Kier alpha value is -0.920. The first-order chi connectivity index (χ1) is 8.43. The third-order valence-electron chi connectivity index (χ3n) is 2.78. The lowest BCUT2D eigenvalue weighted by Gasteiger charge is -2.27. The molecule has 6 nitrogen and oxygen atoms in total. The lowest BCUT2D eigenvalue weighted by Crippen LogP contribution is -2.42. The van der Waals surface area contributed by atoms with Gasteiger partial charge in [-0.3, -0.25) is 0 Å². The summed E-state index contributed by atoms with van der Waals surface area (Å²) in [5.41, 5.74) is -0.976. The van der Waals surface area contributed by atoms with Crippen LogP contribution in [0.15, 0.2) is 17.6 Å². The second-order valence-electron chi connectivity index (χ2n) is 4.46. The number of H-pyrrole nitrogens is 1. The SMILES string of the molecule is CCCC(O)(CCC)CNS(=O)(=O)c1cnc[nH]1. The van der Waals surface area contributed by atoms with Gasteiger partial charge in [0.25, 0.3) is 10.0 Å². The molecule has 0 bridgehead atoms. The molecule has 0 saturated carbocycles. The van der Waals surface area contributed by atoms with Crippen LogP contribution < -0.4 is 4.72 Å². The Bertz CT molecular complexity index is 436. The number of hydrogen-bond acceptors (Lipinski definition) is 4. The number of imidazole rings is 1. The summed E-state index contributed by atoms with van der Waals surface area (Å²) in [6.45, 7) is 3.95. The first-order valence-electron chi connectivity index (χ1n) is 6.14. The first-order valence-corrected chi connectivity index (χ1v) is 7.62. The molecule has 0 saturated heterocycles. The van der Waals surface area contributed by atoms with Gasteiger partial charge in [-0.1, -0.05) is 26.7 Å². The molecule has 104 valence electrons. The molecule has 0 fully saturated rings. The highest BCUT2D eigenvalue weighted by molar-refractivity contribution is 7.89. The Morgan fingerprint density at radius 3 is 2.44 bits per heavy atom. The highest BCUT2D eigenvalue weighted by Gasteiger charge is 2.27. The van der Waals surface area contributed by atoms with Crippen LogP contribution in [0, 0.1) is 0 Å². The highest BCUT2D eigenvalue weighted by Crippen LogP contribution is 2.19. The van der Waals surface area contributed by atoms with Crippen LogP contribution in [0.3, 0.4) is 0 Å². The Kier molecular flexibility index (Phi) is 5.30. The summed E-state index contributed by atoms with van der Waals surface area (Å²) in [7, 11) is -3.61. The molecule has 0 aliphatic carbocycles. The summed E-state index contributed by atoms with van der Waals surface area (Å²) in [6.07, 6.45) is 5.31. The van der Waals surface area contributed by atoms with Gasteiger partial charge in [0.2, 0.25) is 0 Å². The van der Waals surface area contributed by atoms with E-state index in [9.17, 15) is 13.5 Å². The van der Waals surface area contributed by atoms with E-state index in [0.29, 0.717) is 12.8 Å². The van der Waals surface area contributed by atoms with Crippen LogP contribution in [-0.2, 0) is 10.0 Å². The van der Waals surface area contributed by atoms with Crippen molar-refractivity contribution < 1.29 is 13.5 Å². The van der Waals surface area contributed by atoms with Crippen molar-refractivity contribution in [3.8, 4) is 0 Å². The van der Waals surface area contributed by atoms with Gasteiger partial charge < -0.3 is 10.1 Å². The smallest absolute Gasteiger partial charge is 0.257 e. The summed E-state index contributed by atoms with van der Waals surface area (Å²) < 4.78 is 26.1. The lowest BCUT2D eigenvalue weighted by atomic mass is 9.93. The summed E-state index contributed by atoms with van der Waals surface area (Å²) in [5, 5.41) is 10.3. The quantitative estimate of drug-likeness (QED) is 0.660. The van der Waals surface area contributed by atoms with Crippen LogP contribution in [0.2, 0.25) is 0 Å². The minimum Gasteiger partial charge on any atom is -0.389 e. The van der Waals surface area contributed by atoms with E-state index >= 15 is 0 Å². The van der Waals surface area contributed by atoms with E-state index in [1.54, 1.807) is 0 Å². The van der Waals surface area contributed by atoms with Crippen LogP contribution >= 0.6 is 0 Å². The summed E-state index contributed by atoms with van der Waals surface area (Å²) >= 11 is 0. The zero-order chi connectivity index (χ0) is 13.6. The second-order valence-corrected chi connectivity index (χ2v) is 6.20. The van der Waals surface area contributed by atoms with Gasteiger partial charge in [-0.05, 0) is 12.8 Å². The van der Waals surface area contributed by atoms with Crippen LogP contribution in [0.25, 0.3) is 0 Å². The molecule has 7 heteroatoms. The Morgan fingerprint density at radius 1 is 1.39 bits per heavy atom. The molecule has 0 atom stereocenters. The van der Waals surface area contributed by atoms with Crippen LogP contribution in [0.1, 0.15) is 39.5 Å². The van der Waals surface area contributed by atoms with Crippen molar-refractivity contribution in [1.82, 2.24) is 14.7 Å². The summed E-state index contributed by atoms with van der Waals surface area (Å²) in [4.78, 5) is 6.20. The maximum Gasteiger partial charge on any atom is 0.257 e. The van der Waals surface area contributed by atoms with E-state index in [1.807, 2.05) is 13.8 Å². The largest absolute Gasteiger partial charge is 0.389 e. The van der Waals surface area contributed by atoms with Gasteiger partial charge >= 0.3 is 0 Å². The van der Waals surface area contributed by atoms with Gasteiger partial charge in [0.1, 0.15) is 0 Å². The van der Waals surface area contributed by atoms with Crippen molar-refractivity contribution in [1.29, 1.82) is 0 Å². The van der Waals surface area contributed by atoms with Crippen molar-refractivity contribution >= 4 is 10.0 Å². The van der Waals surface area contributed by atoms with Crippen LogP contribution in [0.5, 0.6) is 0 Å². The molecule has 1 aromatic heterocycles. The van der Waals surface area contributed by atoms with Crippen molar-refractivity contribution in [3.05, 3.63) is 12.5 Å². The summed E-state index contributed by atoms with van der Waals surface area (Å²) in [6, 6.07) is 0. The molecule has 18 heavy (non-hydrogen) atoms. The van der Waals surface area contributed by atoms with Crippen molar-refractivity contribution in [3.63, 3.8) is 0 Å². The van der Waals surface area contributed by atoms with Crippen molar-refractivity contribution in [2.24, 2.45) is 0 Å². The molecule has 0 amide bonds. The third-order valence-corrected chi connectivity index (χ3v) is 4.11. The van der Waals surface area contributed by atoms with E-state index in [2.05, 4.69) is 14.7 Å². The van der Waals surface area contributed by atoms with Gasteiger partial charge in [-0.25, -0.2) is 18.1 Å². The van der Waals surface area contributed by atoms with E-state index in [1.165, 1.54) is 12.5 Å². The number of nitrogens with one attached hydrogen (secondary N) is 2. The van der Waals surface area contributed by atoms with E-state index in [0.717, 1.165) is 12.8 Å². The minimum absolute atomic E-state index is 0.0119. The zero-order valence-electron chi connectivity index (χ0n) is 10.8. The molecule has 3 N–H and O–H groups in total. The highest BCUT2D eigenvalue weighted by atomic mass is 32.2. The van der Waals surface area contributed by atoms with E-state index < -0.39 is 15.6 Å². The van der Waals surface area contributed by atoms with Crippen LogP contribution in [0.4, 0.5) is 0 Å². The maximum absolute atomic E-state index is 11.9. The predicted molar refractivity (Wildman–Crippen MR) is 68.5 cm³/mol. The fourth-order valence-electron chi connectivity index (χ4n) is 1.93. The molecule has 0 aliphatic heterocycles. The predicted octanol–water partition coefficient (Wildman–Crippen LogP) is 1.02. The average molecular weight is 275 g/mol. The number of hydrogen-bond donors (Lipinski definition) is 3. The second kappa shape index (κ2) is 6.31. The number of nitrogens with zero attached hydrogens (tertiary/aromatic N) is 1. The third kappa shape index (κ3) is 4.08. The van der Waals surface area contributed by atoms with Gasteiger partial charge in [0.15, 0.2) is 5.03 Å². The summed E-state index contributed by atoms with van der Waals surface area (Å²) in [5.74, 6) is 0. The van der Waals surface area contributed by atoms with E-state index in [4.69, 9.17) is 0 Å². The molecular weight excluding hydrogens is 254 g/mol. The molecular formula is C11H21N3O3S. The van der Waals surface area contributed by atoms with E-state index in [-0.39, 0.29) is 11.6 Å². The van der Waals surface area contributed by atoms with Gasteiger partial charge in [-0.2, -0.15) is 0 Å². The molecule has 0 aliphatic rings. The zero-order valence-corrected chi connectivity index (χ0v) is 11.6. The van der Waals surface area contributed by atoms with Gasteiger partial charge in [0.05, 0.1) is 18.1 Å². The molecule has 1 rings (SSSR count). The number of aliphatic hydroxyl groups is 1. The average Bonchev–Trinajstić information content (AvgIpc) is 2.81. The Morgan fingerprint density at radius 2 is 2.00 bits per heavy atom.